The van der Waals surface area contributed by atoms with E-state index in [4.69, 9.17) is 4.74 Å². The van der Waals surface area contributed by atoms with E-state index in [0.29, 0.717) is 0 Å². The van der Waals surface area contributed by atoms with Gasteiger partial charge >= 0.3 is 0 Å². The maximum Gasteiger partial charge on any atom is 0.152 e. The fraction of sp³-hybridized carbons (Fsp3) is 0. The van der Waals surface area contributed by atoms with Gasteiger partial charge in [-0.15, -0.1) is 0 Å². The molecule has 3 heterocycles. The Morgan fingerprint density at radius 2 is 0.961 bits per heavy atom. The monoisotopic (exact) mass is 650 g/mol. The van der Waals surface area contributed by atoms with Crippen LogP contribution in [-0.4, -0.2) is 9.13 Å². The van der Waals surface area contributed by atoms with Crippen LogP contribution in [0.15, 0.2) is 182 Å². The predicted molar refractivity (Wildman–Crippen MR) is 212 cm³/mol. The standard InChI is InChI=1S/C48H30N2O/c1-3-12-31(13-4-1)33-24-26-41-39(29-33)40-30-34(32-14-5-2-6-15-32)25-27-42(40)49(41)36-17-9-16-35(28-36)37-18-10-21-44-47(37)38-19-11-23-46-48(38)50(44)43-20-7-8-22-45(43)51-46/h1-30H. The summed E-state index contributed by atoms with van der Waals surface area (Å²) < 4.78 is 11.2. The highest BCUT2D eigenvalue weighted by Gasteiger charge is 2.25. The van der Waals surface area contributed by atoms with E-state index < -0.39 is 0 Å². The lowest BCUT2D eigenvalue weighted by Crippen LogP contribution is -2.03. The molecule has 8 aromatic carbocycles. The van der Waals surface area contributed by atoms with Gasteiger partial charge in [-0.3, -0.25) is 0 Å². The van der Waals surface area contributed by atoms with Gasteiger partial charge in [0.2, 0.25) is 0 Å². The fourth-order valence-electron chi connectivity index (χ4n) is 8.24. The van der Waals surface area contributed by atoms with Crippen molar-refractivity contribution in [3.8, 4) is 56.3 Å². The Morgan fingerprint density at radius 1 is 0.353 bits per heavy atom. The number of hydrogen-bond acceptors (Lipinski definition) is 1. The molecule has 3 heteroatoms. The van der Waals surface area contributed by atoms with Crippen molar-refractivity contribution < 1.29 is 4.74 Å². The van der Waals surface area contributed by atoms with Gasteiger partial charge in [0.15, 0.2) is 11.5 Å². The third kappa shape index (κ3) is 4.19. The lowest BCUT2D eigenvalue weighted by molar-refractivity contribution is 0.476. The zero-order valence-electron chi connectivity index (χ0n) is 27.6. The summed E-state index contributed by atoms with van der Waals surface area (Å²) in [6, 6.07) is 65.5. The van der Waals surface area contributed by atoms with Crippen LogP contribution in [0.4, 0.5) is 0 Å². The Labute approximate surface area is 294 Å². The average molecular weight is 651 g/mol. The van der Waals surface area contributed by atoms with E-state index in [9.17, 15) is 0 Å². The van der Waals surface area contributed by atoms with Crippen LogP contribution in [-0.2, 0) is 0 Å². The van der Waals surface area contributed by atoms with Gasteiger partial charge in [-0.1, -0.05) is 121 Å². The van der Waals surface area contributed by atoms with Crippen LogP contribution in [0.1, 0.15) is 0 Å². The molecule has 0 aliphatic carbocycles. The smallest absolute Gasteiger partial charge is 0.152 e. The molecule has 0 radical (unpaired) electrons. The second-order valence-electron chi connectivity index (χ2n) is 13.3. The second-order valence-corrected chi connectivity index (χ2v) is 13.3. The van der Waals surface area contributed by atoms with Crippen LogP contribution in [0, 0.1) is 0 Å². The molecule has 1 aliphatic heterocycles. The molecule has 0 fully saturated rings. The molecular weight excluding hydrogens is 621 g/mol. The number of para-hydroxylation sites is 3. The average Bonchev–Trinajstić information content (AvgIpc) is 3.72. The lowest BCUT2D eigenvalue weighted by Gasteiger charge is -2.20. The number of rotatable bonds is 4. The maximum atomic E-state index is 6.42. The molecule has 0 bridgehead atoms. The van der Waals surface area contributed by atoms with Gasteiger partial charge in [-0.25, -0.2) is 0 Å². The zero-order chi connectivity index (χ0) is 33.5. The van der Waals surface area contributed by atoms with Gasteiger partial charge in [-0.2, -0.15) is 0 Å². The molecule has 0 unspecified atom stereocenters. The summed E-state index contributed by atoms with van der Waals surface area (Å²) in [5.41, 5.74) is 14.1. The van der Waals surface area contributed by atoms with E-state index in [-0.39, 0.29) is 0 Å². The molecule has 10 aromatic rings. The molecule has 51 heavy (non-hydrogen) atoms. The van der Waals surface area contributed by atoms with E-state index in [1.54, 1.807) is 0 Å². The maximum absolute atomic E-state index is 6.42. The molecule has 0 atom stereocenters. The van der Waals surface area contributed by atoms with Crippen molar-refractivity contribution in [1.82, 2.24) is 9.13 Å². The summed E-state index contributed by atoms with van der Waals surface area (Å²) >= 11 is 0. The molecule has 1 aliphatic rings. The lowest BCUT2D eigenvalue weighted by atomic mass is 9.99. The Morgan fingerprint density at radius 3 is 1.69 bits per heavy atom. The molecule has 0 saturated heterocycles. The Balaban J connectivity index is 1.15. The third-order valence-corrected chi connectivity index (χ3v) is 10.5. The van der Waals surface area contributed by atoms with Crippen molar-refractivity contribution in [2.75, 3.05) is 0 Å². The number of benzene rings is 8. The highest BCUT2D eigenvalue weighted by atomic mass is 16.5. The SMILES string of the molecule is c1ccc(-c2ccc3c(c2)c2cc(-c4ccccc4)ccc2n3-c2cccc(-c3cccc4c3c3cccc5c3n4-c3ccccc3O5)c2)cc1. The van der Waals surface area contributed by atoms with Crippen molar-refractivity contribution in [1.29, 1.82) is 0 Å². The highest BCUT2D eigenvalue weighted by molar-refractivity contribution is 6.18. The van der Waals surface area contributed by atoms with Crippen molar-refractivity contribution in [3.05, 3.63) is 182 Å². The molecular formula is C48H30N2O. The normalized spacial score (nSPS) is 12.1. The molecule has 11 rings (SSSR count). The number of ether oxygens (including phenoxy) is 1. The van der Waals surface area contributed by atoms with Gasteiger partial charge < -0.3 is 13.9 Å². The zero-order valence-corrected chi connectivity index (χ0v) is 27.6. The molecule has 0 N–H and O–H groups in total. The van der Waals surface area contributed by atoms with Gasteiger partial charge in [0.05, 0.1) is 27.8 Å². The van der Waals surface area contributed by atoms with Crippen LogP contribution < -0.4 is 4.74 Å². The van der Waals surface area contributed by atoms with Crippen molar-refractivity contribution in [2.45, 2.75) is 0 Å². The number of fused-ring (bicyclic) bond motifs is 8. The summed E-state index contributed by atoms with van der Waals surface area (Å²) in [4.78, 5) is 0. The molecule has 0 amide bonds. The van der Waals surface area contributed by atoms with Crippen LogP contribution in [0.3, 0.4) is 0 Å². The molecule has 0 saturated carbocycles. The first-order valence-corrected chi connectivity index (χ1v) is 17.4. The highest BCUT2D eigenvalue weighted by Crippen LogP contribution is 2.47. The number of nitrogens with zero attached hydrogens (tertiary/aromatic N) is 2. The fourth-order valence-corrected chi connectivity index (χ4v) is 8.24. The predicted octanol–water partition coefficient (Wildman–Crippen LogP) is 13.0. The van der Waals surface area contributed by atoms with Crippen LogP contribution in [0.5, 0.6) is 11.5 Å². The van der Waals surface area contributed by atoms with Crippen LogP contribution in [0.25, 0.3) is 88.4 Å². The van der Waals surface area contributed by atoms with Crippen molar-refractivity contribution in [2.24, 2.45) is 0 Å². The molecule has 238 valence electrons. The van der Waals surface area contributed by atoms with E-state index in [1.807, 2.05) is 12.1 Å². The van der Waals surface area contributed by atoms with Crippen molar-refractivity contribution >= 4 is 43.6 Å². The summed E-state index contributed by atoms with van der Waals surface area (Å²) in [5, 5.41) is 4.90. The topological polar surface area (TPSA) is 19.1 Å². The first kappa shape index (κ1) is 28.0. The quantitative estimate of drug-likeness (QED) is 0.185. The Bertz CT molecular complexity index is 2890. The van der Waals surface area contributed by atoms with E-state index in [0.717, 1.165) is 28.4 Å². The van der Waals surface area contributed by atoms with Gasteiger partial charge in [-0.05, 0) is 94.0 Å². The summed E-state index contributed by atoms with van der Waals surface area (Å²) in [5.74, 6) is 1.76. The second kappa shape index (κ2) is 10.8. The van der Waals surface area contributed by atoms with Crippen LogP contribution >= 0.6 is 0 Å². The van der Waals surface area contributed by atoms with Gasteiger partial charge in [0.1, 0.15) is 0 Å². The van der Waals surface area contributed by atoms with Gasteiger partial charge in [0.25, 0.3) is 0 Å². The molecule has 0 spiro atoms. The first-order chi connectivity index (χ1) is 25.3. The first-order valence-electron chi connectivity index (χ1n) is 17.4. The van der Waals surface area contributed by atoms with Crippen molar-refractivity contribution in [3.63, 3.8) is 0 Å². The minimum absolute atomic E-state index is 0.875. The largest absolute Gasteiger partial charge is 0.453 e. The third-order valence-electron chi connectivity index (χ3n) is 10.5. The molecule has 3 nitrogen and oxygen atoms in total. The Kier molecular flexibility index (Phi) is 5.96. The van der Waals surface area contributed by atoms with Gasteiger partial charge in [0, 0.05) is 27.2 Å². The summed E-state index contributed by atoms with van der Waals surface area (Å²) in [7, 11) is 0. The van der Waals surface area contributed by atoms with E-state index in [2.05, 4.69) is 179 Å². The molecule has 2 aromatic heterocycles. The summed E-state index contributed by atoms with van der Waals surface area (Å²) in [6.07, 6.45) is 0. The minimum Gasteiger partial charge on any atom is -0.453 e. The Hall–Kier alpha value is -6.84. The number of hydrogen-bond donors (Lipinski definition) is 0. The van der Waals surface area contributed by atoms with Crippen LogP contribution in [0.2, 0.25) is 0 Å². The number of aromatic nitrogens is 2. The van der Waals surface area contributed by atoms with E-state index in [1.165, 1.54) is 71.5 Å². The summed E-state index contributed by atoms with van der Waals surface area (Å²) in [6.45, 7) is 0. The minimum atomic E-state index is 0.875. The van der Waals surface area contributed by atoms with E-state index >= 15 is 0 Å².